The molecule has 2 heterocycles. The molecule has 0 aliphatic carbocycles. The van der Waals surface area contributed by atoms with Crippen LogP contribution in [0.2, 0.25) is 0 Å². The molecule has 2 saturated heterocycles. The molecular weight excluding hydrogens is 619 g/mol. The molecule has 9 heteroatoms. The molecule has 2 amide bonds. The van der Waals surface area contributed by atoms with Crippen molar-refractivity contribution in [3.05, 3.63) is 77.4 Å². The minimum atomic E-state index is -1.23. The number of aliphatic carboxylic acids is 1. The average Bonchev–Trinajstić information content (AvgIpc) is 2.82. The fourth-order valence-electron chi connectivity index (χ4n) is 4.31. The number of carboxylic acid groups (broad SMARTS) is 1. The van der Waals surface area contributed by atoms with E-state index in [0.29, 0.717) is 11.3 Å². The quantitative estimate of drug-likeness (QED) is 0.270. The van der Waals surface area contributed by atoms with Gasteiger partial charge < -0.3 is 15.3 Å². The SMILES string of the molecule is C=Cc1ccc(C2(C(=O)O)CS[C@@H]3C(NC(=O)Cc4ccccc4)C(=O)N3C2)c(C(Br)I)c1. The van der Waals surface area contributed by atoms with Crippen LogP contribution in [0.3, 0.4) is 0 Å². The maximum Gasteiger partial charge on any atom is 0.316 e. The number of β-lactam (4-membered cyclic amide) rings is 1. The summed E-state index contributed by atoms with van der Waals surface area (Å²) in [4.78, 5) is 39.6. The van der Waals surface area contributed by atoms with Crippen LogP contribution in [0.1, 0.15) is 25.1 Å². The van der Waals surface area contributed by atoms with E-state index in [9.17, 15) is 19.5 Å². The van der Waals surface area contributed by atoms with Gasteiger partial charge in [0, 0.05) is 12.3 Å². The van der Waals surface area contributed by atoms with Crippen molar-refractivity contribution in [2.75, 3.05) is 12.3 Å². The highest BCUT2D eigenvalue weighted by atomic mass is 127. The number of nitrogens with zero attached hydrogens (tertiary/aromatic N) is 1. The molecule has 172 valence electrons. The number of carboxylic acids is 1. The van der Waals surface area contributed by atoms with E-state index in [1.54, 1.807) is 11.0 Å². The van der Waals surface area contributed by atoms with Crippen LogP contribution < -0.4 is 5.32 Å². The van der Waals surface area contributed by atoms with E-state index in [1.165, 1.54) is 11.8 Å². The zero-order valence-corrected chi connectivity index (χ0v) is 22.1. The van der Waals surface area contributed by atoms with Gasteiger partial charge >= 0.3 is 5.97 Å². The first-order valence-electron chi connectivity index (χ1n) is 10.3. The molecule has 0 saturated carbocycles. The van der Waals surface area contributed by atoms with Gasteiger partial charge in [-0.2, -0.15) is 0 Å². The van der Waals surface area contributed by atoms with Crippen molar-refractivity contribution in [3.8, 4) is 0 Å². The van der Waals surface area contributed by atoms with Crippen LogP contribution >= 0.6 is 50.3 Å². The summed E-state index contributed by atoms with van der Waals surface area (Å²) in [6, 6.07) is 14.3. The highest BCUT2D eigenvalue weighted by molar-refractivity contribution is 14.1. The van der Waals surface area contributed by atoms with Crippen molar-refractivity contribution in [2.24, 2.45) is 0 Å². The Labute approximate surface area is 218 Å². The third-order valence-electron chi connectivity index (χ3n) is 6.08. The number of rotatable bonds is 7. The minimum absolute atomic E-state index is 0.0701. The van der Waals surface area contributed by atoms with E-state index in [1.807, 2.05) is 48.5 Å². The second-order valence-electron chi connectivity index (χ2n) is 8.11. The zero-order chi connectivity index (χ0) is 23.8. The van der Waals surface area contributed by atoms with Crippen molar-refractivity contribution < 1.29 is 19.5 Å². The zero-order valence-electron chi connectivity index (χ0n) is 17.5. The number of benzene rings is 2. The highest BCUT2D eigenvalue weighted by Crippen LogP contribution is 2.47. The van der Waals surface area contributed by atoms with Crippen LogP contribution in [0.4, 0.5) is 0 Å². The molecule has 4 atom stereocenters. The van der Waals surface area contributed by atoms with E-state index in [2.05, 4.69) is 50.4 Å². The summed E-state index contributed by atoms with van der Waals surface area (Å²) in [7, 11) is 0. The molecule has 4 rings (SSSR count). The molecule has 2 aliphatic rings. The van der Waals surface area contributed by atoms with Crippen LogP contribution in [-0.4, -0.2) is 51.5 Å². The van der Waals surface area contributed by atoms with Crippen molar-refractivity contribution in [1.82, 2.24) is 10.2 Å². The number of hydrogen-bond acceptors (Lipinski definition) is 4. The van der Waals surface area contributed by atoms with Crippen LogP contribution in [0, 0.1) is 0 Å². The summed E-state index contributed by atoms with van der Waals surface area (Å²) < 4.78 is -0.0962. The molecule has 2 N–H and O–H groups in total. The molecule has 0 radical (unpaired) electrons. The Bertz CT molecular complexity index is 1110. The van der Waals surface area contributed by atoms with Crippen LogP contribution in [0.25, 0.3) is 6.08 Å². The first kappa shape index (κ1) is 24.3. The molecule has 33 heavy (non-hydrogen) atoms. The minimum Gasteiger partial charge on any atom is -0.481 e. The van der Waals surface area contributed by atoms with E-state index in [0.717, 1.165) is 16.7 Å². The van der Waals surface area contributed by atoms with Crippen molar-refractivity contribution in [2.45, 2.75) is 26.1 Å². The van der Waals surface area contributed by atoms with E-state index >= 15 is 0 Å². The maximum absolute atomic E-state index is 12.9. The number of amides is 2. The van der Waals surface area contributed by atoms with E-state index in [-0.39, 0.29) is 33.0 Å². The topological polar surface area (TPSA) is 86.7 Å². The summed E-state index contributed by atoms with van der Waals surface area (Å²) >= 11 is 7.18. The summed E-state index contributed by atoms with van der Waals surface area (Å²) in [6.45, 7) is 3.87. The predicted molar refractivity (Wildman–Crippen MR) is 142 cm³/mol. The summed E-state index contributed by atoms with van der Waals surface area (Å²) in [5.41, 5.74) is 2.08. The van der Waals surface area contributed by atoms with E-state index < -0.39 is 17.4 Å². The van der Waals surface area contributed by atoms with Gasteiger partial charge in [0.1, 0.15) is 16.8 Å². The third kappa shape index (κ3) is 4.59. The number of carbonyl (C=O) groups is 3. The molecule has 6 nitrogen and oxygen atoms in total. The largest absolute Gasteiger partial charge is 0.481 e. The van der Waals surface area contributed by atoms with Gasteiger partial charge in [0.15, 0.2) is 0 Å². The first-order valence-corrected chi connectivity index (χ1v) is 13.5. The molecule has 0 bridgehead atoms. The maximum atomic E-state index is 12.9. The second-order valence-corrected chi connectivity index (χ2v) is 13.1. The van der Waals surface area contributed by atoms with Gasteiger partial charge in [0.05, 0.1) is 9.25 Å². The van der Waals surface area contributed by atoms with Crippen molar-refractivity contribution >= 4 is 74.1 Å². The lowest BCUT2D eigenvalue weighted by Crippen LogP contribution is -2.74. The highest BCUT2D eigenvalue weighted by Gasteiger charge is 2.58. The molecule has 0 aromatic heterocycles. The normalized spacial score (nSPS) is 24.9. The molecule has 2 aliphatic heterocycles. The number of hydrogen-bond donors (Lipinski definition) is 2. The van der Waals surface area contributed by atoms with Crippen LogP contribution in [0.15, 0.2) is 55.1 Å². The lowest BCUT2D eigenvalue weighted by atomic mass is 9.77. The van der Waals surface area contributed by atoms with E-state index in [4.69, 9.17) is 0 Å². The monoisotopic (exact) mass is 640 g/mol. The smallest absolute Gasteiger partial charge is 0.316 e. The Balaban J connectivity index is 1.53. The summed E-state index contributed by atoms with van der Waals surface area (Å²) in [5.74, 6) is -1.12. The van der Waals surface area contributed by atoms with Crippen molar-refractivity contribution in [3.63, 3.8) is 0 Å². The molecule has 2 fully saturated rings. The standard InChI is InChI=1S/C24H22BrIN2O4S/c1-2-14-8-9-17(16(10-14)20(25)26)24(23(31)32)12-28-21(30)19(22(28)33-13-24)27-18(29)11-15-6-4-3-5-7-15/h2-10,19-20,22H,1,11-13H2,(H,27,29)(H,31,32)/t19?,20?,22-,24?/m1/s1. The Morgan fingerprint density at radius 1 is 1.33 bits per heavy atom. The number of alkyl halides is 2. The lowest BCUT2D eigenvalue weighted by molar-refractivity contribution is -0.154. The van der Waals surface area contributed by atoms with Gasteiger partial charge in [-0.1, -0.05) is 93.6 Å². The van der Waals surface area contributed by atoms with Crippen LogP contribution in [0.5, 0.6) is 0 Å². The third-order valence-corrected chi connectivity index (χ3v) is 8.77. The van der Waals surface area contributed by atoms with Gasteiger partial charge in [0.2, 0.25) is 11.8 Å². The van der Waals surface area contributed by atoms with Gasteiger partial charge in [-0.15, -0.1) is 11.8 Å². The van der Waals surface area contributed by atoms with Gasteiger partial charge in [-0.3, -0.25) is 14.4 Å². The van der Waals surface area contributed by atoms with Gasteiger partial charge in [-0.25, -0.2) is 0 Å². The van der Waals surface area contributed by atoms with Gasteiger partial charge in [0.25, 0.3) is 0 Å². The Hall–Kier alpha value is -1.85. The fraction of sp³-hybridized carbons (Fsp3) is 0.292. The lowest BCUT2D eigenvalue weighted by Gasteiger charge is -2.54. The number of nitrogens with one attached hydrogen (secondary N) is 1. The first-order chi connectivity index (χ1) is 15.8. The Morgan fingerprint density at radius 2 is 2.06 bits per heavy atom. The average molecular weight is 641 g/mol. The molecule has 2 aromatic carbocycles. The number of thioether (sulfide) groups is 1. The molecule has 0 spiro atoms. The molecular formula is C24H22BrIN2O4S. The Morgan fingerprint density at radius 3 is 2.70 bits per heavy atom. The summed E-state index contributed by atoms with van der Waals surface area (Å²) in [5, 5.41) is 12.9. The number of carbonyl (C=O) groups excluding carboxylic acids is 2. The van der Waals surface area contributed by atoms with Crippen LogP contribution in [-0.2, 0) is 26.2 Å². The van der Waals surface area contributed by atoms with Crippen molar-refractivity contribution in [1.29, 1.82) is 0 Å². The Kier molecular flexibility index (Phi) is 7.20. The molecule has 3 unspecified atom stereocenters. The number of fused-ring (bicyclic) bond motifs is 1. The number of halogens is 2. The molecule has 2 aromatic rings. The second kappa shape index (κ2) is 9.79. The fourth-order valence-corrected chi connectivity index (χ4v) is 6.77. The summed E-state index contributed by atoms with van der Waals surface area (Å²) in [6.07, 6.45) is 1.92. The predicted octanol–water partition coefficient (Wildman–Crippen LogP) is 4.12. The van der Waals surface area contributed by atoms with Gasteiger partial charge in [-0.05, 0) is 28.3 Å².